The third-order valence-corrected chi connectivity index (χ3v) is 3.20. The lowest BCUT2D eigenvalue weighted by atomic mass is 10.2. The number of hydrogen-bond acceptors (Lipinski definition) is 3. The molecule has 0 atom stereocenters. The van der Waals surface area contributed by atoms with Gasteiger partial charge in [-0.25, -0.2) is 0 Å². The maximum absolute atomic E-state index is 12.3. The van der Waals surface area contributed by atoms with Gasteiger partial charge in [-0.3, -0.25) is 4.79 Å². The number of carbonyl (C=O) groups is 1. The zero-order valence-corrected chi connectivity index (χ0v) is 12.0. The molecule has 0 spiro atoms. The van der Waals surface area contributed by atoms with Gasteiger partial charge >= 0.3 is 0 Å². The van der Waals surface area contributed by atoms with Crippen molar-refractivity contribution in [2.24, 2.45) is 0 Å². The molecule has 108 valence electrons. The van der Waals surface area contributed by atoms with E-state index in [1.807, 2.05) is 28.8 Å². The summed E-state index contributed by atoms with van der Waals surface area (Å²) >= 11 is 0. The first-order valence-electron chi connectivity index (χ1n) is 6.83. The third-order valence-electron chi connectivity index (χ3n) is 3.20. The van der Waals surface area contributed by atoms with Crippen molar-refractivity contribution >= 4 is 22.5 Å². The topological polar surface area (TPSA) is 69.3 Å². The Bertz CT molecular complexity index is 604. The predicted octanol–water partition coefficient (Wildman–Crippen LogP) is 2.01. The van der Waals surface area contributed by atoms with Crippen LogP contribution in [0.3, 0.4) is 0 Å². The molecule has 5 heteroatoms. The smallest absolute Gasteiger partial charge is 0.268 e. The fraction of sp³-hybridized carbons (Fsp3) is 0.400. The highest BCUT2D eigenvalue weighted by molar-refractivity contribution is 5.99. The van der Waals surface area contributed by atoms with Crippen LogP contribution in [0.5, 0.6) is 0 Å². The van der Waals surface area contributed by atoms with Crippen molar-refractivity contribution in [1.29, 1.82) is 0 Å². The minimum Gasteiger partial charge on any atom is -0.399 e. The number of nitrogen functional groups attached to an aromatic ring is 1. The van der Waals surface area contributed by atoms with Gasteiger partial charge in [-0.15, -0.1) is 0 Å². The Morgan fingerprint density at radius 1 is 1.40 bits per heavy atom. The standard InChI is InChI=1S/C15H21N3O2/c1-3-7-18-13-5-4-12(16)9-11(13)10-14(18)15(19)17-6-8-20-2/h4-5,9-10H,3,6-8,16H2,1-2H3,(H,17,19). The Labute approximate surface area is 118 Å². The lowest BCUT2D eigenvalue weighted by molar-refractivity contribution is 0.0928. The molecule has 0 unspecified atom stereocenters. The summed E-state index contributed by atoms with van der Waals surface area (Å²) in [5.74, 6) is -0.0785. The van der Waals surface area contributed by atoms with Crippen molar-refractivity contribution in [2.45, 2.75) is 19.9 Å². The van der Waals surface area contributed by atoms with E-state index < -0.39 is 0 Å². The van der Waals surface area contributed by atoms with Gasteiger partial charge in [0.2, 0.25) is 0 Å². The lowest BCUT2D eigenvalue weighted by Gasteiger charge is -2.10. The second kappa shape index (κ2) is 6.43. The monoisotopic (exact) mass is 275 g/mol. The van der Waals surface area contributed by atoms with Crippen molar-refractivity contribution in [3.05, 3.63) is 30.0 Å². The molecular formula is C15H21N3O2. The van der Waals surface area contributed by atoms with E-state index in [4.69, 9.17) is 10.5 Å². The highest BCUT2D eigenvalue weighted by Gasteiger charge is 2.14. The van der Waals surface area contributed by atoms with Gasteiger partial charge < -0.3 is 20.4 Å². The summed E-state index contributed by atoms with van der Waals surface area (Å²) in [6.45, 7) is 3.91. The fourth-order valence-corrected chi connectivity index (χ4v) is 2.30. The number of nitrogens with one attached hydrogen (secondary N) is 1. The summed E-state index contributed by atoms with van der Waals surface area (Å²) in [6, 6.07) is 7.62. The number of fused-ring (bicyclic) bond motifs is 1. The largest absolute Gasteiger partial charge is 0.399 e. The summed E-state index contributed by atoms with van der Waals surface area (Å²) in [5.41, 5.74) is 8.22. The van der Waals surface area contributed by atoms with Crippen LogP contribution < -0.4 is 11.1 Å². The number of benzene rings is 1. The predicted molar refractivity (Wildman–Crippen MR) is 80.9 cm³/mol. The average Bonchev–Trinajstić information content (AvgIpc) is 2.77. The van der Waals surface area contributed by atoms with E-state index in [0.717, 1.165) is 23.9 Å². The Morgan fingerprint density at radius 3 is 2.90 bits per heavy atom. The first-order valence-corrected chi connectivity index (χ1v) is 6.83. The second-order valence-electron chi connectivity index (χ2n) is 4.75. The minimum absolute atomic E-state index is 0.0785. The first-order chi connectivity index (χ1) is 9.67. The number of aromatic nitrogens is 1. The summed E-state index contributed by atoms with van der Waals surface area (Å²) in [4.78, 5) is 12.3. The van der Waals surface area contributed by atoms with Crippen molar-refractivity contribution in [2.75, 3.05) is 26.0 Å². The van der Waals surface area contributed by atoms with Crippen LogP contribution in [0, 0.1) is 0 Å². The van der Waals surface area contributed by atoms with Crippen LogP contribution >= 0.6 is 0 Å². The van der Waals surface area contributed by atoms with Crippen molar-refractivity contribution < 1.29 is 9.53 Å². The molecule has 2 aromatic rings. The number of carbonyl (C=O) groups excluding carboxylic acids is 1. The van der Waals surface area contributed by atoms with E-state index >= 15 is 0 Å². The first kappa shape index (κ1) is 14.4. The third kappa shape index (κ3) is 2.93. The van der Waals surface area contributed by atoms with Gasteiger partial charge in [0.15, 0.2) is 0 Å². The molecule has 1 aromatic heterocycles. The number of nitrogens with zero attached hydrogens (tertiary/aromatic N) is 1. The fourth-order valence-electron chi connectivity index (χ4n) is 2.30. The van der Waals surface area contributed by atoms with Crippen LogP contribution in [0.2, 0.25) is 0 Å². The number of ether oxygens (including phenoxy) is 1. The molecular weight excluding hydrogens is 254 g/mol. The molecule has 0 saturated heterocycles. The highest BCUT2D eigenvalue weighted by atomic mass is 16.5. The van der Waals surface area contributed by atoms with Gasteiger partial charge in [0.05, 0.1) is 6.61 Å². The van der Waals surface area contributed by atoms with Crippen molar-refractivity contribution in [1.82, 2.24) is 9.88 Å². The summed E-state index contributed by atoms with van der Waals surface area (Å²) < 4.78 is 6.98. The number of methoxy groups -OCH3 is 1. The molecule has 0 bridgehead atoms. The van der Waals surface area contributed by atoms with Crippen LogP contribution in [0.1, 0.15) is 23.8 Å². The zero-order valence-electron chi connectivity index (χ0n) is 12.0. The summed E-state index contributed by atoms with van der Waals surface area (Å²) in [7, 11) is 1.61. The van der Waals surface area contributed by atoms with Crippen LogP contribution in [0.25, 0.3) is 10.9 Å². The Morgan fingerprint density at radius 2 is 2.20 bits per heavy atom. The zero-order chi connectivity index (χ0) is 14.5. The van der Waals surface area contributed by atoms with Crippen LogP contribution in [0.15, 0.2) is 24.3 Å². The Balaban J connectivity index is 2.35. The molecule has 0 aliphatic rings. The Hall–Kier alpha value is -2.01. The molecule has 0 saturated carbocycles. The van der Waals surface area contributed by atoms with E-state index in [9.17, 15) is 4.79 Å². The quantitative estimate of drug-likeness (QED) is 0.626. The van der Waals surface area contributed by atoms with Gasteiger partial charge in [0.25, 0.3) is 5.91 Å². The maximum atomic E-state index is 12.3. The molecule has 5 nitrogen and oxygen atoms in total. The molecule has 1 aromatic carbocycles. The Kier molecular flexibility index (Phi) is 4.63. The van der Waals surface area contributed by atoms with Gasteiger partial charge in [0, 0.05) is 36.8 Å². The lowest BCUT2D eigenvalue weighted by Crippen LogP contribution is -2.28. The number of rotatable bonds is 6. The summed E-state index contributed by atoms with van der Waals surface area (Å²) in [6.07, 6.45) is 0.965. The number of anilines is 1. The molecule has 1 amide bonds. The minimum atomic E-state index is -0.0785. The van der Waals surface area contributed by atoms with Crippen LogP contribution in [-0.4, -0.2) is 30.7 Å². The molecule has 1 heterocycles. The molecule has 3 N–H and O–H groups in total. The van der Waals surface area contributed by atoms with Gasteiger partial charge in [-0.2, -0.15) is 0 Å². The number of aryl methyl sites for hydroxylation is 1. The molecule has 2 rings (SSSR count). The second-order valence-corrected chi connectivity index (χ2v) is 4.75. The van der Waals surface area contributed by atoms with E-state index in [1.54, 1.807) is 7.11 Å². The molecule has 0 radical (unpaired) electrons. The number of amides is 1. The number of nitrogens with two attached hydrogens (primary N) is 1. The van der Waals surface area contributed by atoms with Crippen molar-refractivity contribution in [3.63, 3.8) is 0 Å². The van der Waals surface area contributed by atoms with Crippen molar-refractivity contribution in [3.8, 4) is 0 Å². The van der Waals surface area contributed by atoms with E-state index in [-0.39, 0.29) is 5.91 Å². The molecule has 0 aliphatic carbocycles. The van der Waals surface area contributed by atoms with E-state index in [2.05, 4.69) is 12.2 Å². The van der Waals surface area contributed by atoms with E-state index in [1.165, 1.54) is 0 Å². The molecule has 0 fully saturated rings. The van der Waals surface area contributed by atoms with Gasteiger partial charge in [-0.1, -0.05) is 6.92 Å². The summed E-state index contributed by atoms with van der Waals surface area (Å²) in [5, 5.41) is 3.85. The van der Waals surface area contributed by atoms with Gasteiger partial charge in [0.1, 0.15) is 5.69 Å². The molecule has 0 aliphatic heterocycles. The normalized spacial score (nSPS) is 10.9. The number of hydrogen-bond donors (Lipinski definition) is 2. The van der Waals surface area contributed by atoms with Crippen LogP contribution in [-0.2, 0) is 11.3 Å². The van der Waals surface area contributed by atoms with Crippen LogP contribution in [0.4, 0.5) is 5.69 Å². The average molecular weight is 275 g/mol. The SMILES string of the molecule is CCCn1c(C(=O)NCCOC)cc2cc(N)ccc21. The van der Waals surface area contributed by atoms with E-state index in [0.29, 0.717) is 24.5 Å². The maximum Gasteiger partial charge on any atom is 0.268 e. The van der Waals surface area contributed by atoms with Gasteiger partial charge in [-0.05, 0) is 30.7 Å². The molecule has 20 heavy (non-hydrogen) atoms. The highest BCUT2D eigenvalue weighted by Crippen LogP contribution is 2.22.